The number of nitrogens with one attached hydrogen (secondary N) is 3. The molecule has 0 spiro atoms. The van der Waals surface area contributed by atoms with Crippen molar-refractivity contribution in [3.05, 3.63) is 0 Å². The van der Waals surface area contributed by atoms with Crippen molar-refractivity contribution in [3.63, 3.8) is 0 Å². The van der Waals surface area contributed by atoms with Crippen molar-refractivity contribution in [1.29, 1.82) is 0 Å². The van der Waals surface area contributed by atoms with Crippen molar-refractivity contribution in [1.82, 2.24) is 20.3 Å². The SMILES string of the molecule is CCNC(=O)CCNc1nc(NN)nc(N(C)C)n1. The van der Waals surface area contributed by atoms with Gasteiger partial charge >= 0.3 is 0 Å². The van der Waals surface area contributed by atoms with Gasteiger partial charge in [0.2, 0.25) is 23.8 Å². The molecule has 0 saturated heterocycles. The van der Waals surface area contributed by atoms with Crippen LogP contribution in [0.5, 0.6) is 0 Å². The summed E-state index contributed by atoms with van der Waals surface area (Å²) in [6.45, 7) is 2.93. The van der Waals surface area contributed by atoms with Gasteiger partial charge in [-0.05, 0) is 6.92 Å². The standard InChI is InChI=1S/C10H20N8O/c1-4-12-7(19)5-6-13-8-14-9(17-11)16-10(15-8)18(2)3/h4-6,11H2,1-3H3,(H,12,19)(H2,13,14,15,16,17). The highest BCUT2D eigenvalue weighted by Crippen LogP contribution is 2.10. The van der Waals surface area contributed by atoms with Gasteiger partial charge in [0.15, 0.2) is 0 Å². The fraction of sp³-hybridized carbons (Fsp3) is 0.600. The normalized spacial score (nSPS) is 9.89. The molecule has 1 rings (SSSR count). The second-order valence-electron chi connectivity index (χ2n) is 3.95. The molecule has 106 valence electrons. The van der Waals surface area contributed by atoms with Gasteiger partial charge in [-0.2, -0.15) is 15.0 Å². The molecule has 19 heavy (non-hydrogen) atoms. The molecule has 0 aliphatic rings. The number of carbonyl (C=O) groups excluding carboxylic acids is 1. The summed E-state index contributed by atoms with van der Waals surface area (Å²) in [7, 11) is 3.63. The van der Waals surface area contributed by atoms with E-state index >= 15 is 0 Å². The van der Waals surface area contributed by atoms with Crippen LogP contribution < -0.4 is 26.8 Å². The third kappa shape index (κ3) is 4.92. The van der Waals surface area contributed by atoms with Crippen LogP contribution >= 0.6 is 0 Å². The molecule has 0 fully saturated rings. The first kappa shape index (κ1) is 14.9. The van der Waals surface area contributed by atoms with Crippen molar-refractivity contribution in [3.8, 4) is 0 Å². The Morgan fingerprint density at radius 1 is 1.26 bits per heavy atom. The smallest absolute Gasteiger partial charge is 0.243 e. The molecule has 1 aromatic heterocycles. The van der Waals surface area contributed by atoms with E-state index in [1.54, 1.807) is 4.90 Å². The summed E-state index contributed by atoms with van der Waals surface area (Å²) in [4.78, 5) is 25.3. The number of nitrogen functional groups attached to an aromatic ring is 1. The molecule has 9 nitrogen and oxygen atoms in total. The van der Waals surface area contributed by atoms with Crippen molar-refractivity contribution >= 4 is 23.8 Å². The minimum absolute atomic E-state index is 0.0194. The van der Waals surface area contributed by atoms with Crippen LogP contribution in [0.3, 0.4) is 0 Å². The van der Waals surface area contributed by atoms with Crippen LogP contribution in [0.2, 0.25) is 0 Å². The van der Waals surface area contributed by atoms with Gasteiger partial charge in [0.05, 0.1) is 0 Å². The number of hydrogen-bond donors (Lipinski definition) is 4. The lowest BCUT2D eigenvalue weighted by Gasteiger charge is -2.13. The zero-order valence-electron chi connectivity index (χ0n) is 11.4. The molecular formula is C10H20N8O. The summed E-state index contributed by atoms with van der Waals surface area (Å²) in [5, 5.41) is 5.67. The van der Waals surface area contributed by atoms with Gasteiger partial charge in [-0.15, -0.1) is 0 Å². The average molecular weight is 268 g/mol. The second kappa shape index (κ2) is 7.31. The number of aromatic nitrogens is 3. The second-order valence-corrected chi connectivity index (χ2v) is 3.95. The summed E-state index contributed by atoms with van der Waals surface area (Å²) >= 11 is 0. The van der Waals surface area contributed by atoms with Crippen molar-refractivity contribution in [2.45, 2.75) is 13.3 Å². The molecule has 0 aliphatic carbocycles. The van der Waals surface area contributed by atoms with E-state index in [-0.39, 0.29) is 11.9 Å². The third-order valence-corrected chi connectivity index (χ3v) is 2.16. The van der Waals surface area contributed by atoms with E-state index in [1.807, 2.05) is 21.0 Å². The Labute approximate surface area is 112 Å². The highest BCUT2D eigenvalue weighted by atomic mass is 16.1. The summed E-state index contributed by atoms with van der Waals surface area (Å²) in [6.07, 6.45) is 0.349. The number of anilines is 3. The molecule has 0 unspecified atom stereocenters. The van der Waals surface area contributed by atoms with Gasteiger partial charge in [-0.3, -0.25) is 10.2 Å². The van der Waals surface area contributed by atoms with Crippen LogP contribution in [0.25, 0.3) is 0 Å². The summed E-state index contributed by atoms with van der Waals surface area (Å²) < 4.78 is 0. The Balaban J connectivity index is 2.62. The number of carbonyl (C=O) groups is 1. The molecule has 0 radical (unpaired) electrons. The minimum Gasteiger partial charge on any atom is -0.356 e. The Morgan fingerprint density at radius 3 is 2.53 bits per heavy atom. The van der Waals surface area contributed by atoms with Gasteiger partial charge in [0.1, 0.15) is 0 Å². The Bertz CT molecular complexity index is 422. The molecule has 1 heterocycles. The van der Waals surface area contributed by atoms with Gasteiger partial charge in [0.25, 0.3) is 0 Å². The van der Waals surface area contributed by atoms with E-state index in [4.69, 9.17) is 5.84 Å². The largest absolute Gasteiger partial charge is 0.356 e. The average Bonchev–Trinajstić information content (AvgIpc) is 2.38. The van der Waals surface area contributed by atoms with E-state index in [0.29, 0.717) is 31.4 Å². The maximum Gasteiger partial charge on any atom is 0.243 e. The number of nitrogens with zero attached hydrogens (tertiary/aromatic N) is 4. The first-order valence-electron chi connectivity index (χ1n) is 5.97. The van der Waals surface area contributed by atoms with Gasteiger partial charge in [0, 0.05) is 33.6 Å². The topological polar surface area (TPSA) is 121 Å². The maximum atomic E-state index is 11.3. The molecule has 1 amide bonds. The molecule has 1 aromatic rings. The Morgan fingerprint density at radius 2 is 1.95 bits per heavy atom. The van der Waals surface area contributed by atoms with E-state index in [2.05, 4.69) is 31.0 Å². The number of amides is 1. The lowest BCUT2D eigenvalue weighted by Crippen LogP contribution is -2.25. The Kier molecular flexibility index (Phi) is 5.73. The summed E-state index contributed by atoms with van der Waals surface area (Å²) in [5.74, 6) is 6.38. The molecule has 0 aromatic carbocycles. The number of hydrogen-bond acceptors (Lipinski definition) is 8. The van der Waals surface area contributed by atoms with Crippen molar-refractivity contribution < 1.29 is 4.79 Å². The fourth-order valence-electron chi connectivity index (χ4n) is 1.28. The molecule has 0 aliphatic heterocycles. The first-order chi connectivity index (χ1) is 9.06. The first-order valence-corrected chi connectivity index (χ1v) is 5.97. The fourth-order valence-corrected chi connectivity index (χ4v) is 1.28. The molecule has 0 bridgehead atoms. The quantitative estimate of drug-likeness (QED) is 0.373. The monoisotopic (exact) mass is 268 g/mol. The molecule has 9 heteroatoms. The minimum atomic E-state index is -0.0194. The number of nitrogens with two attached hydrogens (primary N) is 1. The van der Waals surface area contributed by atoms with E-state index in [9.17, 15) is 4.79 Å². The molecule has 0 saturated carbocycles. The molecule has 5 N–H and O–H groups in total. The zero-order chi connectivity index (χ0) is 14.3. The summed E-state index contributed by atoms with van der Waals surface area (Å²) in [6, 6.07) is 0. The van der Waals surface area contributed by atoms with Gasteiger partial charge < -0.3 is 15.5 Å². The predicted molar refractivity (Wildman–Crippen MR) is 73.8 cm³/mol. The third-order valence-electron chi connectivity index (χ3n) is 2.16. The van der Waals surface area contributed by atoms with Gasteiger partial charge in [-0.25, -0.2) is 5.84 Å². The van der Waals surface area contributed by atoms with Crippen molar-refractivity contribution in [2.75, 3.05) is 42.8 Å². The van der Waals surface area contributed by atoms with Crippen LogP contribution in [0, 0.1) is 0 Å². The van der Waals surface area contributed by atoms with E-state index in [1.165, 1.54) is 0 Å². The Hall–Kier alpha value is -2.16. The summed E-state index contributed by atoms with van der Waals surface area (Å²) in [5.41, 5.74) is 2.37. The highest BCUT2D eigenvalue weighted by Gasteiger charge is 2.07. The van der Waals surface area contributed by atoms with E-state index < -0.39 is 0 Å². The van der Waals surface area contributed by atoms with Crippen LogP contribution in [0.4, 0.5) is 17.8 Å². The lowest BCUT2D eigenvalue weighted by molar-refractivity contribution is -0.120. The highest BCUT2D eigenvalue weighted by molar-refractivity contribution is 5.76. The molecule has 0 atom stereocenters. The van der Waals surface area contributed by atoms with Crippen LogP contribution in [0.1, 0.15) is 13.3 Å². The zero-order valence-corrected chi connectivity index (χ0v) is 11.4. The van der Waals surface area contributed by atoms with E-state index in [0.717, 1.165) is 0 Å². The van der Waals surface area contributed by atoms with Crippen molar-refractivity contribution in [2.24, 2.45) is 5.84 Å². The van der Waals surface area contributed by atoms with Gasteiger partial charge in [-0.1, -0.05) is 0 Å². The van der Waals surface area contributed by atoms with Crippen LogP contribution in [-0.4, -0.2) is 48.0 Å². The number of rotatable bonds is 7. The predicted octanol–water partition coefficient (Wildman–Crippen LogP) is -0.839. The number of hydrazine groups is 1. The maximum absolute atomic E-state index is 11.3. The van der Waals surface area contributed by atoms with Crippen LogP contribution in [-0.2, 0) is 4.79 Å². The van der Waals surface area contributed by atoms with Crippen LogP contribution in [0.15, 0.2) is 0 Å². The lowest BCUT2D eigenvalue weighted by atomic mass is 10.4. The molecular weight excluding hydrogens is 248 g/mol.